The van der Waals surface area contributed by atoms with Crippen LogP contribution in [0.1, 0.15) is 24.3 Å². The van der Waals surface area contributed by atoms with E-state index in [2.05, 4.69) is 20.9 Å². The normalized spacial score (nSPS) is 12.2. The van der Waals surface area contributed by atoms with E-state index in [-0.39, 0.29) is 0 Å². The summed E-state index contributed by atoms with van der Waals surface area (Å²) >= 11 is 9.24. The summed E-state index contributed by atoms with van der Waals surface area (Å²) < 4.78 is 6.61. The molecule has 0 amide bonds. The smallest absolute Gasteiger partial charge is 0.130 e. The van der Waals surface area contributed by atoms with E-state index in [1.165, 1.54) is 0 Å². The molecule has 2 rings (SSSR count). The summed E-state index contributed by atoms with van der Waals surface area (Å²) in [4.78, 5) is 4.22. The van der Waals surface area contributed by atoms with Crippen LogP contribution in [0.25, 0.3) is 0 Å². The molecular weight excluding hydrogens is 330 g/mol. The first-order valence-corrected chi connectivity index (χ1v) is 6.94. The molecule has 5 heteroatoms. The van der Waals surface area contributed by atoms with Gasteiger partial charge < -0.3 is 9.84 Å². The number of nitrogens with zero attached hydrogens (tertiary/aromatic N) is 1. The number of pyridine rings is 1. The molecule has 19 heavy (non-hydrogen) atoms. The molecule has 1 unspecified atom stereocenters. The van der Waals surface area contributed by atoms with Crippen molar-refractivity contribution in [1.29, 1.82) is 0 Å². The third-order valence-electron chi connectivity index (χ3n) is 2.59. The lowest BCUT2D eigenvalue weighted by molar-refractivity contribution is 0.190. The van der Waals surface area contributed by atoms with Crippen molar-refractivity contribution in [2.24, 2.45) is 0 Å². The first kappa shape index (κ1) is 14.3. The Labute approximate surface area is 125 Å². The van der Waals surface area contributed by atoms with Crippen LogP contribution in [0.5, 0.6) is 5.75 Å². The van der Waals surface area contributed by atoms with Crippen LogP contribution in [0, 0.1) is 0 Å². The van der Waals surface area contributed by atoms with Gasteiger partial charge in [-0.1, -0.05) is 11.6 Å². The maximum atomic E-state index is 9.70. The van der Waals surface area contributed by atoms with Crippen LogP contribution in [0.3, 0.4) is 0 Å². The van der Waals surface area contributed by atoms with Gasteiger partial charge in [-0.3, -0.25) is 4.98 Å². The van der Waals surface area contributed by atoms with E-state index in [4.69, 9.17) is 16.3 Å². The summed E-state index contributed by atoms with van der Waals surface area (Å²) in [6, 6.07) is 8.97. The highest BCUT2D eigenvalue weighted by molar-refractivity contribution is 9.10. The summed E-state index contributed by atoms with van der Waals surface area (Å²) in [6.45, 7) is 2.02. The minimum Gasteiger partial charge on any atom is -0.487 e. The fourth-order valence-corrected chi connectivity index (χ4v) is 2.04. The number of aliphatic hydroxyl groups excluding tert-OH is 1. The van der Waals surface area contributed by atoms with E-state index in [9.17, 15) is 5.11 Å². The minimum absolute atomic E-state index is 0.342. The van der Waals surface area contributed by atoms with Gasteiger partial charge in [-0.2, -0.15) is 0 Å². The van der Waals surface area contributed by atoms with Gasteiger partial charge >= 0.3 is 0 Å². The fraction of sp³-hybridized carbons (Fsp3) is 0.214. The molecule has 1 heterocycles. The van der Waals surface area contributed by atoms with Gasteiger partial charge in [-0.05, 0) is 53.2 Å². The second kappa shape index (κ2) is 6.37. The lowest BCUT2D eigenvalue weighted by atomic mass is 10.1. The Morgan fingerprint density at radius 3 is 2.79 bits per heavy atom. The van der Waals surface area contributed by atoms with E-state index in [0.29, 0.717) is 22.9 Å². The molecule has 0 spiro atoms. The van der Waals surface area contributed by atoms with Crippen molar-refractivity contribution in [3.05, 3.63) is 57.3 Å². The van der Waals surface area contributed by atoms with E-state index in [1.54, 1.807) is 31.3 Å². The Kier molecular flexibility index (Phi) is 4.80. The molecule has 2 aromatic rings. The third-order valence-corrected chi connectivity index (χ3v) is 3.29. The van der Waals surface area contributed by atoms with E-state index < -0.39 is 6.10 Å². The van der Waals surface area contributed by atoms with Crippen LogP contribution >= 0.6 is 27.5 Å². The first-order chi connectivity index (χ1) is 9.06. The van der Waals surface area contributed by atoms with Gasteiger partial charge in [0.2, 0.25) is 0 Å². The molecule has 0 aliphatic carbocycles. The van der Waals surface area contributed by atoms with Crippen molar-refractivity contribution in [2.45, 2.75) is 19.6 Å². The predicted octanol–water partition coefficient (Wildman–Crippen LogP) is 4.13. The highest BCUT2D eigenvalue weighted by atomic mass is 79.9. The van der Waals surface area contributed by atoms with Gasteiger partial charge in [0.25, 0.3) is 0 Å². The molecule has 0 bridgehead atoms. The summed E-state index contributed by atoms with van der Waals surface area (Å²) in [6.07, 6.45) is 1.09. The Bertz CT molecular complexity index is 558. The van der Waals surface area contributed by atoms with Crippen LogP contribution in [-0.4, -0.2) is 10.1 Å². The first-order valence-electron chi connectivity index (χ1n) is 5.77. The predicted molar refractivity (Wildman–Crippen MR) is 78.4 cm³/mol. The van der Waals surface area contributed by atoms with E-state index in [1.807, 2.05) is 12.1 Å². The number of halogens is 2. The van der Waals surface area contributed by atoms with Gasteiger partial charge in [0, 0.05) is 21.3 Å². The zero-order valence-corrected chi connectivity index (χ0v) is 12.6. The topological polar surface area (TPSA) is 42.4 Å². The highest BCUT2D eigenvalue weighted by Gasteiger charge is 2.10. The summed E-state index contributed by atoms with van der Waals surface area (Å²) in [7, 11) is 0. The second-order valence-electron chi connectivity index (χ2n) is 4.11. The number of hydrogen-bond donors (Lipinski definition) is 1. The summed E-state index contributed by atoms with van der Waals surface area (Å²) in [5.41, 5.74) is 1.49. The van der Waals surface area contributed by atoms with Crippen molar-refractivity contribution < 1.29 is 9.84 Å². The molecule has 0 aliphatic heterocycles. The fourth-order valence-electron chi connectivity index (χ4n) is 1.62. The molecule has 1 aromatic heterocycles. The maximum absolute atomic E-state index is 9.70. The SMILES string of the molecule is CC(O)c1cc(Cl)ccc1OCc1ccc(Br)cn1. The van der Waals surface area contributed by atoms with Crippen molar-refractivity contribution >= 4 is 27.5 Å². The monoisotopic (exact) mass is 341 g/mol. The average molecular weight is 343 g/mol. The largest absolute Gasteiger partial charge is 0.487 e. The minimum atomic E-state index is -0.633. The molecule has 1 aromatic carbocycles. The summed E-state index contributed by atoms with van der Waals surface area (Å²) in [5.74, 6) is 0.615. The van der Waals surface area contributed by atoms with Crippen LogP contribution in [-0.2, 0) is 6.61 Å². The van der Waals surface area contributed by atoms with Crippen LogP contribution < -0.4 is 4.74 Å². The van der Waals surface area contributed by atoms with Crippen molar-refractivity contribution in [2.75, 3.05) is 0 Å². The third kappa shape index (κ3) is 3.93. The number of ether oxygens (including phenoxy) is 1. The lowest BCUT2D eigenvalue weighted by Crippen LogP contribution is -2.02. The van der Waals surface area contributed by atoms with Gasteiger partial charge in [0.15, 0.2) is 0 Å². The van der Waals surface area contributed by atoms with Crippen molar-refractivity contribution in [1.82, 2.24) is 4.98 Å². The zero-order valence-electron chi connectivity index (χ0n) is 10.3. The van der Waals surface area contributed by atoms with Gasteiger partial charge in [-0.15, -0.1) is 0 Å². The maximum Gasteiger partial charge on any atom is 0.130 e. The van der Waals surface area contributed by atoms with Gasteiger partial charge in [0.05, 0.1) is 11.8 Å². The Hall–Kier alpha value is -1.10. The molecule has 0 aliphatic rings. The number of benzene rings is 1. The molecule has 0 radical (unpaired) electrons. The quantitative estimate of drug-likeness (QED) is 0.908. The Balaban J connectivity index is 2.13. The number of hydrogen-bond acceptors (Lipinski definition) is 3. The standard InChI is InChI=1S/C14H13BrClNO2/c1-9(18)13-6-11(16)3-5-14(13)19-8-12-4-2-10(15)7-17-12/h2-7,9,18H,8H2,1H3. The van der Waals surface area contributed by atoms with Crippen LogP contribution in [0.4, 0.5) is 0 Å². The molecule has 1 N–H and O–H groups in total. The summed E-state index contributed by atoms with van der Waals surface area (Å²) in [5, 5.41) is 10.3. The van der Waals surface area contributed by atoms with E-state index >= 15 is 0 Å². The molecule has 1 atom stereocenters. The second-order valence-corrected chi connectivity index (χ2v) is 5.47. The molecule has 0 saturated heterocycles. The van der Waals surface area contributed by atoms with Crippen LogP contribution in [0.2, 0.25) is 5.02 Å². The lowest BCUT2D eigenvalue weighted by Gasteiger charge is -2.13. The van der Waals surface area contributed by atoms with Gasteiger partial charge in [-0.25, -0.2) is 0 Å². The molecule has 0 fully saturated rings. The zero-order chi connectivity index (χ0) is 13.8. The number of aliphatic hydroxyl groups is 1. The highest BCUT2D eigenvalue weighted by Crippen LogP contribution is 2.28. The number of rotatable bonds is 4. The average Bonchev–Trinajstić information content (AvgIpc) is 2.39. The molecule has 3 nitrogen and oxygen atoms in total. The molecular formula is C14H13BrClNO2. The van der Waals surface area contributed by atoms with Crippen LogP contribution in [0.15, 0.2) is 41.0 Å². The van der Waals surface area contributed by atoms with Crippen molar-refractivity contribution in [3.63, 3.8) is 0 Å². The van der Waals surface area contributed by atoms with Gasteiger partial charge in [0.1, 0.15) is 12.4 Å². The van der Waals surface area contributed by atoms with Crippen molar-refractivity contribution in [3.8, 4) is 5.75 Å². The Morgan fingerprint density at radius 1 is 1.37 bits per heavy atom. The molecule has 0 saturated carbocycles. The Morgan fingerprint density at radius 2 is 2.16 bits per heavy atom. The number of aromatic nitrogens is 1. The molecule has 100 valence electrons. The van der Waals surface area contributed by atoms with E-state index in [0.717, 1.165) is 10.2 Å².